The molecule has 3 fully saturated rings. The lowest BCUT2D eigenvalue weighted by molar-refractivity contribution is 0.0293. The molecule has 7 nitrogen and oxygen atoms in total. The third kappa shape index (κ3) is 3.30. The average Bonchev–Trinajstić information content (AvgIpc) is 3.05. The number of likely N-dealkylation sites (tertiary alicyclic amines) is 2. The summed E-state index contributed by atoms with van der Waals surface area (Å²) in [5.41, 5.74) is 0. The quantitative estimate of drug-likeness (QED) is 0.634. The van der Waals surface area contributed by atoms with Crippen LogP contribution in [0.25, 0.3) is 10.8 Å². The number of nitrogens with zero attached hydrogens (tertiary/aromatic N) is 5. The van der Waals surface area contributed by atoms with Crippen molar-refractivity contribution in [1.29, 1.82) is 0 Å². The van der Waals surface area contributed by atoms with Crippen LogP contribution in [0.1, 0.15) is 12.8 Å². The van der Waals surface area contributed by atoms with E-state index in [-0.39, 0.29) is 30.0 Å². The van der Waals surface area contributed by atoms with Crippen LogP contribution in [0.15, 0.2) is 55.0 Å². The van der Waals surface area contributed by atoms with E-state index in [2.05, 4.69) is 14.9 Å². The van der Waals surface area contributed by atoms with Crippen LogP contribution < -0.4 is 9.64 Å². The Morgan fingerprint density at radius 3 is 2.50 bits per heavy atom. The second-order valence-corrected chi connectivity index (χ2v) is 8.81. The van der Waals surface area contributed by atoms with Crippen molar-refractivity contribution in [2.45, 2.75) is 31.0 Å². The van der Waals surface area contributed by atoms with Crippen molar-refractivity contribution in [3.8, 4) is 5.75 Å². The van der Waals surface area contributed by atoms with Crippen molar-refractivity contribution >= 4 is 22.6 Å². The fourth-order valence-electron chi connectivity index (χ4n) is 5.20. The van der Waals surface area contributed by atoms with E-state index in [1.54, 1.807) is 12.3 Å². The molecule has 1 aromatic carbocycles. The number of halogens is 1. The molecule has 5 heterocycles. The Balaban J connectivity index is 1.08. The lowest BCUT2D eigenvalue weighted by atomic mass is 10.1. The number of aromatic nitrogens is 2. The molecular formula is C24H24FN5O2. The molecule has 3 aromatic rings. The van der Waals surface area contributed by atoms with Crippen LogP contribution in [0.3, 0.4) is 0 Å². The molecule has 0 unspecified atom stereocenters. The third-order valence-electron chi connectivity index (χ3n) is 6.78. The molecule has 2 aromatic heterocycles. The number of hydrogen-bond donors (Lipinski definition) is 0. The van der Waals surface area contributed by atoms with Gasteiger partial charge >= 0.3 is 6.03 Å². The number of urea groups is 1. The number of pyridine rings is 2. The van der Waals surface area contributed by atoms with Gasteiger partial charge in [-0.05, 0) is 37.1 Å². The first kappa shape index (κ1) is 19.3. The number of carbonyl (C=O) groups is 1. The molecule has 0 N–H and O–H groups in total. The summed E-state index contributed by atoms with van der Waals surface area (Å²) in [5, 5.41) is 2.08. The summed E-state index contributed by atoms with van der Waals surface area (Å²) in [6.45, 7) is 2.53. The zero-order valence-electron chi connectivity index (χ0n) is 17.6. The minimum absolute atomic E-state index is 0.000795. The maximum Gasteiger partial charge on any atom is 0.320 e. The van der Waals surface area contributed by atoms with Gasteiger partial charge in [-0.1, -0.05) is 12.1 Å². The summed E-state index contributed by atoms with van der Waals surface area (Å²) < 4.78 is 19.4. The summed E-state index contributed by atoms with van der Waals surface area (Å²) in [4.78, 5) is 27.6. The molecule has 2 amide bonds. The highest BCUT2D eigenvalue weighted by atomic mass is 19.1. The molecule has 8 heteroatoms. The van der Waals surface area contributed by atoms with Crippen molar-refractivity contribution in [2.24, 2.45) is 0 Å². The standard InChI is InChI=1S/C24H24FN5O2/c25-17-4-7-23(27-11-17)30-18-5-6-19(30)13-28(12-18)24(31)29-14-20(15-29)32-22-3-1-2-16-10-26-9-8-21(16)22/h1-4,7-11,18-20H,5-6,12-15H2/t18-,19+. The molecule has 6 rings (SSSR count). The first-order valence-electron chi connectivity index (χ1n) is 11.1. The lowest BCUT2D eigenvalue weighted by Gasteiger charge is -2.46. The number of amides is 2. The lowest BCUT2D eigenvalue weighted by Crippen LogP contribution is -2.63. The van der Waals surface area contributed by atoms with Crippen LogP contribution in [0, 0.1) is 5.82 Å². The van der Waals surface area contributed by atoms with E-state index in [0.717, 1.165) is 35.2 Å². The van der Waals surface area contributed by atoms with Crippen molar-refractivity contribution in [2.75, 3.05) is 31.1 Å². The van der Waals surface area contributed by atoms with E-state index in [4.69, 9.17) is 4.74 Å². The van der Waals surface area contributed by atoms with E-state index in [1.165, 1.54) is 12.3 Å². The van der Waals surface area contributed by atoms with Gasteiger partial charge in [-0.3, -0.25) is 4.98 Å². The maximum atomic E-state index is 13.3. The fourth-order valence-corrected chi connectivity index (χ4v) is 5.20. The molecule has 2 bridgehead atoms. The van der Waals surface area contributed by atoms with Crippen LogP contribution >= 0.6 is 0 Å². The molecule has 0 spiro atoms. The Bertz CT molecular complexity index is 1130. The second-order valence-electron chi connectivity index (χ2n) is 8.81. The molecule has 32 heavy (non-hydrogen) atoms. The van der Waals surface area contributed by atoms with Crippen LogP contribution in [0.5, 0.6) is 5.75 Å². The largest absolute Gasteiger partial charge is 0.486 e. The minimum atomic E-state index is -0.329. The molecular weight excluding hydrogens is 409 g/mol. The molecule has 2 atom stereocenters. The second kappa shape index (κ2) is 7.62. The SMILES string of the molecule is O=C(N1CC(Oc2cccc3cnccc23)C1)N1C[C@H]2CC[C@@H](C1)N2c1ccc(F)cn1. The molecule has 0 aliphatic carbocycles. The predicted octanol–water partition coefficient (Wildman–Crippen LogP) is 3.31. The summed E-state index contributed by atoms with van der Waals surface area (Å²) in [7, 11) is 0. The van der Waals surface area contributed by atoms with Gasteiger partial charge in [0, 0.05) is 48.3 Å². The van der Waals surface area contributed by atoms with Gasteiger partial charge in [0.25, 0.3) is 0 Å². The number of fused-ring (bicyclic) bond motifs is 3. The Labute approximate surface area is 185 Å². The Kier molecular flexibility index (Phi) is 4.59. The molecule has 164 valence electrons. The van der Waals surface area contributed by atoms with Gasteiger partial charge in [-0.15, -0.1) is 0 Å². The molecule has 3 aliphatic heterocycles. The van der Waals surface area contributed by atoms with Gasteiger partial charge in [0.2, 0.25) is 0 Å². The van der Waals surface area contributed by atoms with Crippen LogP contribution in [-0.4, -0.2) is 70.2 Å². The van der Waals surface area contributed by atoms with Crippen molar-refractivity contribution in [3.63, 3.8) is 0 Å². The Morgan fingerprint density at radius 2 is 1.75 bits per heavy atom. The van der Waals surface area contributed by atoms with Gasteiger partial charge in [-0.2, -0.15) is 0 Å². The average molecular weight is 433 g/mol. The van der Waals surface area contributed by atoms with E-state index in [1.807, 2.05) is 40.3 Å². The number of hydrogen-bond acceptors (Lipinski definition) is 5. The highest BCUT2D eigenvalue weighted by Gasteiger charge is 2.44. The van der Waals surface area contributed by atoms with Gasteiger partial charge in [0.15, 0.2) is 0 Å². The molecule has 3 aliphatic rings. The van der Waals surface area contributed by atoms with Crippen LogP contribution in [0.4, 0.5) is 15.0 Å². The minimum Gasteiger partial charge on any atom is -0.486 e. The predicted molar refractivity (Wildman–Crippen MR) is 118 cm³/mol. The highest BCUT2D eigenvalue weighted by Crippen LogP contribution is 2.35. The summed E-state index contributed by atoms with van der Waals surface area (Å²) >= 11 is 0. The Hall–Kier alpha value is -3.42. The molecule has 3 saturated heterocycles. The first-order valence-corrected chi connectivity index (χ1v) is 11.1. The van der Waals surface area contributed by atoms with Crippen LogP contribution in [0.2, 0.25) is 0 Å². The monoisotopic (exact) mass is 433 g/mol. The molecule has 0 saturated carbocycles. The zero-order valence-corrected chi connectivity index (χ0v) is 17.6. The van der Waals surface area contributed by atoms with Gasteiger partial charge in [-0.25, -0.2) is 14.2 Å². The van der Waals surface area contributed by atoms with E-state index in [9.17, 15) is 9.18 Å². The van der Waals surface area contributed by atoms with Gasteiger partial charge in [0.1, 0.15) is 23.5 Å². The van der Waals surface area contributed by atoms with E-state index >= 15 is 0 Å². The number of benzene rings is 1. The number of anilines is 1. The van der Waals surface area contributed by atoms with Gasteiger partial charge in [0.05, 0.1) is 19.3 Å². The summed E-state index contributed by atoms with van der Waals surface area (Å²) in [5.74, 6) is 1.30. The van der Waals surface area contributed by atoms with Crippen LogP contribution in [-0.2, 0) is 0 Å². The maximum absolute atomic E-state index is 13.3. The third-order valence-corrected chi connectivity index (χ3v) is 6.78. The van der Waals surface area contributed by atoms with Crippen molar-refractivity contribution in [1.82, 2.24) is 19.8 Å². The smallest absolute Gasteiger partial charge is 0.320 e. The van der Waals surface area contributed by atoms with E-state index < -0.39 is 0 Å². The van der Waals surface area contributed by atoms with Crippen molar-refractivity contribution < 1.29 is 13.9 Å². The number of rotatable bonds is 3. The van der Waals surface area contributed by atoms with Crippen molar-refractivity contribution in [3.05, 3.63) is 60.8 Å². The summed E-state index contributed by atoms with van der Waals surface area (Å²) in [6.07, 6.45) is 6.90. The number of piperazine rings is 1. The first-order chi connectivity index (χ1) is 15.7. The molecule has 0 radical (unpaired) electrons. The normalized spacial score (nSPS) is 22.8. The van der Waals surface area contributed by atoms with Gasteiger partial charge < -0.3 is 19.4 Å². The topological polar surface area (TPSA) is 61.8 Å². The zero-order chi connectivity index (χ0) is 21.7. The number of ether oxygens (including phenoxy) is 1. The summed E-state index contributed by atoms with van der Waals surface area (Å²) in [6, 6.07) is 11.6. The number of carbonyl (C=O) groups excluding carboxylic acids is 1. The Morgan fingerprint density at radius 1 is 0.969 bits per heavy atom. The fraction of sp³-hybridized carbons (Fsp3) is 0.375. The highest BCUT2D eigenvalue weighted by molar-refractivity contribution is 5.87. The van der Waals surface area contributed by atoms with E-state index in [0.29, 0.717) is 26.2 Å².